The van der Waals surface area contributed by atoms with Crippen LogP contribution in [0.25, 0.3) is 0 Å². The van der Waals surface area contributed by atoms with E-state index in [-0.39, 0.29) is 36.2 Å². The van der Waals surface area contributed by atoms with Crippen molar-refractivity contribution in [3.63, 3.8) is 0 Å². The molecule has 3 amide bonds. The number of methoxy groups -OCH3 is 1. The fourth-order valence-corrected chi connectivity index (χ4v) is 6.13. The van der Waals surface area contributed by atoms with E-state index in [0.717, 1.165) is 0 Å². The number of nitrogens with one attached hydrogen (secondary N) is 3. The molecule has 27 heavy (non-hydrogen) atoms. The Morgan fingerprint density at radius 3 is 2.81 bits per heavy atom. The van der Waals surface area contributed by atoms with Crippen LogP contribution < -0.4 is 20.7 Å². The summed E-state index contributed by atoms with van der Waals surface area (Å²) in [5.41, 5.74) is 0.576. The summed E-state index contributed by atoms with van der Waals surface area (Å²) in [5.74, 6) is 0.332. The topological polar surface area (TPSA) is 114 Å². The number of anilines is 1. The van der Waals surface area contributed by atoms with Crippen LogP contribution in [-0.4, -0.2) is 50.6 Å². The zero-order valence-electron chi connectivity index (χ0n) is 14.8. The Hall–Kier alpha value is -2.00. The fourth-order valence-electron chi connectivity index (χ4n) is 3.60. The van der Waals surface area contributed by atoms with Crippen LogP contribution in [0.2, 0.25) is 5.02 Å². The van der Waals surface area contributed by atoms with Gasteiger partial charge in [0.05, 0.1) is 35.2 Å². The molecule has 2 saturated heterocycles. The van der Waals surface area contributed by atoms with Crippen LogP contribution in [0.1, 0.15) is 25.7 Å². The van der Waals surface area contributed by atoms with E-state index in [0.29, 0.717) is 35.7 Å². The van der Waals surface area contributed by atoms with Crippen molar-refractivity contribution >= 4 is 39.1 Å². The van der Waals surface area contributed by atoms with Crippen molar-refractivity contribution in [3.05, 3.63) is 23.2 Å². The third-order valence-electron chi connectivity index (χ3n) is 4.90. The molecule has 0 radical (unpaired) electrons. The maximum Gasteiger partial charge on any atom is 0.315 e. The second-order valence-corrected chi connectivity index (χ2v) is 9.43. The molecular formula is C17H22ClN3O5S. The van der Waals surface area contributed by atoms with Gasteiger partial charge in [-0.1, -0.05) is 18.0 Å². The SMILES string of the molecule is COc1ccc(NC(=O)CCCC[C@@H]2[C@H]3NC(=O)N[C@H]3CS2(=O)=O)cc1Cl. The number of halogens is 1. The van der Waals surface area contributed by atoms with Crippen molar-refractivity contribution < 1.29 is 22.7 Å². The minimum Gasteiger partial charge on any atom is -0.495 e. The van der Waals surface area contributed by atoms with Crippen molar-refractivity contribution in [1.29, 1.82) is 0 Å². The lowest BCUT2D eigenvalue weighted by Crippen LogP contribution is -2.39. The van der Waals surface area contributed by atoms with Gasteiger partial charge in [-0.25, -0.2) is 13.2 Å². The number of hydrogen-bond donors (Lipinski definition) is 3. The highest BCUT2D eigenvalue weighted by molar-refractivity contribution is 7.92. The van der Waals surface area contributed by atoms with Gasteiger partial charge in [-0.15, -0.1) is 0 Å². The maximum absolute atomic E-state index is 12.2. The van der Waals surface area contributed by atoms with E-state index >= 15 is 0 Å². The fraction of sp³-hybridized carbons (Fsp3) is 0.529. The monoisotopic (exact) mass is 415 g/mol. The Bertz CT molecular complexity index is 845. The molecule has 2 aliphatic heterocycles. The number of hydrogen-bond acceptors (Lipinski definition) is 5. The van der Waals surface area contributed by atoms with Crippen LogP contribution in [0.15, 0.2) is 18.2 Å². The Labute approximate surface area is 162 Å². The molecule has 0 aromatic heterocycles. The van der Waals surface area contributed by atoms with Crippen molar-refractivity contribution in [2.75, 3.05) is 18.2 Å². The lowest BCUT2D eigenvalue weighted by atomic mass is 10.0. The molecule has 3 N–H and O–H groups in total. The van der Waals surface area contributed by atoms with Crippen LogP contribution in [-0.2, 0) is 14.6 Å². The number of urea groups is 1. The van der Waals surface area contributed by atoms with Crippen LogP contribution in [0.3, 0.4) is 0 Å². The molecule has 2 heterocycles. The first-order valence-electron chi connectivity index (χ1n) is 8.72. The van der Waals surface area contributed by atoms with E-state index in [1.807, 2.05) is 0 Å². The van der Waals surface area contributed by atoms with Crippen molar-refractivity contribution in [2.45, 2.75) is 43.0 Å². The molecule has 3 rings (SSSR count). The predicted octanol–water partition coefficient (Wildman–Crippen LogP) is 1.69. The minimum absolute atomic E-state index is 0.0280. The number of sulfone groups is 1. The van der Waals surface area contributed by atoms with Crippen molar-refractivity contribution in [2.24, 2.45) is 0 Å². The molecule has 1 aromatic rings. The Kier molecular flexibility index (Phi) is 5.81. The first-order valence-corrected chi connectivity index (χ1v) is 10.8. The van der Waals surface area contributed by atoms with Gasteiger partial charge in [-0.3, -0.25) is 4.79 Å². The second-order valence-electron chi connectivity index (χ2n) is 6.76. The van der Waals surface area contributed by atoms with Gasteiger partial charge in [0, 0.05) is 12.1 Å². The quantitative estimate of drug-likeness (QED) is 0.463. The zero-order valence-corrected chi connectivity index (χ0v) is 16.4. The van der Waals surface area contributed by atoms with E-state index in [9.17, 15) is 18.0 Å². The minimum atomic E-state index is -3.23. The molecule has 1 aromatic carbocycles. The first kappa shape index (κ1) is 19.8. The summed E-state index contributed by atoms with van der Waals surface area (Å²) in [6.45, 7) is 0. The Morgan fingerprint density at radius 1 is 1.33 bits per heavy atom. The van der Waals surface area contributed by atoms with Gasteiger partial charge in [-0.2, -0.15) is 0 Å². The van der Waals surface area contributed by atoms with Gasteiger partial charge >= 0.3 is 6.03 Å². The Balaban J connectivity index is 1.45. The normalized spacial score (nSPS) is 25.4. The van der Waals surface area contributed by atoms with Gasteiger partial charge in [0.25, 0.3) is 0 Å². The molecule has 2 aliphatic rings. The largest absolute Gasteiger partial charge is 0.495 e. The Morgan fingerprint density at radius 2 is 2.11 bits per heavy atom. The van der Waals surface area contributed by atoms with Crippen LogP contribution in [0.5, 0.6) is 5.75 Å². The number of carbonyl (C=O) groups excluding carboxylic acids is 2. The lowest BCUT2D eigenvalue weighted by Gasteiger charge is -2.16. The predicted molar refractivity (Wildman–Crippen MR) is 102 cm³/mol. The number of rotatable bonds is 7. The molecule has 3 atom stereocenters. The smallest absolute Gasteiger partial charge is 0.315 e. The summed E-state index contributed by atoms with van der Waals surface area (Å²) in [5, 5.41) is 7.89. The van der Waals surface area contributed by atoms with Gasteiger partial charge in [0.15, 0.2) is 9.84 Å². The first-order chi connectivity index (χ1) is 12.8. The molecular weight excluding hydrogens is 394 g/mol. The molecule has 0 saturated carbocycles. The average molecular weight is 416 g/mol. The third-order valence-corrected chi connectivity index (χ3v) is 7.47. The molecule has 8 nitrogen and oxygen atoms in total. The number of carbonyl (C=O) groups is 2. The highest BCUT2D eigenvalue weighted by atomic mass is 35.5. The molecule has 0 bridgehead atoms. The lowest BCUT2D eigenvalue weighted by molar-refractivity contribution is -0.116. The van der Waals surface area contributed by atoms with Gasteiger partial charge in [-0.05, 0) is 31.0 Å². The zero-order chi connectivity index (χ0) is 19.6. The highest BCUT2D eigenvalue weighted by Gasteiger charge is 2.51. The van der Waals surface area contributed by atoms with Crippen molar-refractivity contribution in [1.82, 2.24) is 10.6 Å². The molecule has 0 aliphatic carbocycles. The van der Waals surface area contributed by atoms with Crippen molar-refractivity contribution in [3.8, 4) is 5.75 Å². The van der Waals surface area contributed by atoms with Crippen LogP contribution >= 0.6 is 11.6 Å². The summed E-state index contributed by atoms with van der Waals surface area (Å²) in [6.07, 6.45) is 1.84. The highest BCUT2D eigenvalue weighted by Crippen LogP contribution is 2.29. The molecule has 148 valence electrons. The summed E-state index contributed by atoms with van der Waals surface area (Å²) in [6, 6.07) is 3.93. The second kappa shape index (κ2) is 7.93. The standard InChI is InChI=1S/C17H22ClN3O5S/c1-26-13-7-6-10(8-11(13)18)19-15(22)5-3-2-4-14-16-12(9-27(14,24)25)20-17(23)21-16/h6-8,12,14,16H,2-5,9H2,1H3,(H,19,22)(H2,20,21,23)/t12-,14+,16-/m0/s1. The number of fused-ring (bicyclic) bond motifs is 1. The number of amides is 3. The summed E-state index contributed by atoms with van der Waals surface area (Å²) in [7, 11) is -1.72. The average Bonchev–Trinajstić information content (AvgIpc) is 3.03. The number of ether oxygens (including phenoxy) is 1. The molecule has 0 spiro atoms. The summed E-state index contributed by atoms with van der Waals surface area (Å²) in [4.78, 5) is 23.4. The van der Waals surface area contributed by atoms with E-state index in [1.165, 1.54) is 7.11 Å². The van der Waals surface area contributed by atoms with Crippen LogP contribution in [0, 0.1) is 0 Å². The van der Waals surface area contributed by atoms with E-state index in [1.54, 1.807) is 18.2 Å². The third kappa shape index (κ3) is 4.47. The molecule has 2 fully saturated rings. The van der Waals surface area contributed by atoms with E-state index in [4.69, 9.17) is 16.3 Å². The maximum atomic E-state index is 12.2. The number of unbranched alkanes of at least 4 members (excludes halogenated alkanes) is 1. The van der Waals surface area contributed by atoms with E-state index in [2.05, 4.69) is 16.0 Å². The number of benzene rings is 1. The summed E-state index contributed by atoms with van der Waals surface area (Å²) >= 11 is 6.03. The van der Waals surface area contributed by atoms with Gasteiger partial charge < -0.3 is 20.7 Å². The van der Waals surface area contributed by atoms with Gasteiger partial charge in [0.2, 0.25) is 5.91 Å². The molecule has 0 unspecified atom stereocenters. The van der Waals surface area contributed by atoms with E-state index < -0.39 is 15.1 Å². The van der Waals surface area contributed by atoms with Gasteiger partial charge in [0.1, 0.15) is 5.75 Å². The molecule has 10 heteroatoms. The van der Waals surface area contributed by atoms with Crippen LogP contribution in [0.4, 0.5) is 10.5 Å². The summed E-state index contributed by atoms with van der Waals surface area (Å²) < 4.78 is 29.5.